The van der Waals surface area contributed by atoms with Crippen LogP contribution in [0.2, 0.25) is 5.02 Å². The van der Waals surface area contributed by atoms with Crippen molar-refractivity contribution in [3.8, 4) is 17.9 Å². The quantitative estimate of drug-likeness (QED) is 0.286. The molecule has 2 heterocycles. The Morgan fingerprint density at radius 3 is 2.66 bits per heavy atom. The summed E-state index contributed by atoms with van der Waals surface area (Å²) in [5.41, 5.74) is 3.48. The Balaban J connectivity index is 1.41. The number of benzene rings is 2. The fraction of sp³-hybridized carbons (Fsp3) is 0.333. The molecule has 2 aliphatic carbocycles. The first-order valence-corrected chi connectivity index (χ1v) is 13.9. The number of carbonyl (C=O) groups is 1. The van der Waals surface area contributed by atoms with Crippen LogP contribution in [0.5, 0.6) is 5.75 Å². The second-order valence-electron chi connectivity index (χ2n) is 10.5. The summed E-state index contributed by atoms with van der Waals surface area (Å²) >= 11 is 6.89. The standard InChI is InChI=1S/C30H27ClN8O2/c1-41-24-9-5-18(6-10-24)17-38(21-7-8-21)29-28-34-16-22(15-33)39(28)37-30(36-29)35-26-12-19(14-32)11-25(27(26)31)20-3-2-4-23(40)13-20/h5-6,9-12,16,20-21H,2-4,7-8,13,17H2,1H3,(H,35,37). The zero-order chi connectivity index (χ0) is 28.5. The lowest BCUT2D eigenvalue weighted by atomic mass is 9.82. The Hall–Kier alpha value is -4.67. The van der Waals surface area contributed by atoms with E-state index in [-0.39, 0.29) is 29.4 Å². The number of hydrogen-bond acceptors (Lipinski definition) is 9. The van der Waals surface area contributed by atoms with Crippen molar-refractivity contribution in [3.63, 3.8) is 0 Å². The van der Waals surface area contributed by atoms with E-state index >= 15 is 0 Å². The molecule has 0 radical (unpaired) electrons. The highest BCUT2D eigenvalue weighted by Crippen LogP contribution is 2.40. The van der Waals surface area contributed by atoms with Gasteiger partial charge in [0.2, 0.25) is 5.95 Å². The molecular weight excluding hydrogens is 540 g/mol. The fourth-order valence-electron chi connectivity index (χ4n) is 5.39. The molecule has 2 aromatic carbocycles. The predicted octanol–water partition coefficient (Wildman–Crippen LogP) is 5.67. The zero-order valence-electron chi connectivity index (χ0n) is 22.5. The molecule has 4 aromatic rings. The minimum Gasteiger partial charge on any atom is -0.497 e. The number of rotatable bonds is 8. The normalized spacial score (nSPS) is 16.7. The third kappa shape index (κ3) is 5.39. The first kappa shape index (κ1) is 26.5. The summed E-state index contributed by atoms with van der Waals surface area (Å²) in [5, 5.41) is 27.7. The highest BCUT2D eigenvalue weighted by atomic mass is 35.5. The van der Waals surface area contributed by atoms with Gasteiger partial charge in [-0.15, -0.1) is 5.10 Å². The number of hydrogen-bond donors (Lipinski definition) is 1. The molecular formula is C30H27ClN8O2. The van der Waals surface area contributed by atoms with Crippen LogP contribution in [0, 0.1) is 22.7 Å². The molecule has 206 valence electrons. The SMILES string of the molecule is COc1ccc(CN(c2nc(Nc3cc(C#N)cc(C4CCCC(=O)C4)c3Cl)nn3c(C#N)cnc23)C2CC2)cc1. The van der Waals surface area contributed by atoms with Gasteiger partial charge in [-0.1, -0.05) is 23.7 Å². The van der Waals surface area contributed by atoms with Gasteiger partial charge in [0.05, 0.1) is 35.6 Å². The summed E-state index contributed by atoms with van der Waals surface area (Å²) in [6.45, 7) is 0.583. The van der Waals surface area contributed by atoms with Gasteiger partial charge in [-0.05, 0) is 67.0 Å². The monoisotopic (exact) mass is 566 g/mol. The summed E-state index contributed by atoms with van der Waals surface area (Å²) in [6, 6.07) is 15.9. The van der Waals surface area contributed by atoms with Crippen LogP contribution in [0.3, 0.4) is 0 Å². The van der Waals surface area contributed by atoms with E-state index in [2.05, 4.69) is 32.4 Å². The molecule has 11 heteroatoms. The Bertz CT molecular complexity index is 1720. The summed E-state index contributed by atoms with van der Waals surface area (Å²) in [5.74, 6) is 1.74. The Morgan fingerprint density at radius 1 is 1.17 bits per heavy atom. The number of imidazole rings is 1. The number of carbonyl (C=O) groups excluding carboxylic acids is 1. The van der Waals surface area contributed by atoms with Crippen LogP contribution in [-0.4, -0.2) is 38.5 Å². The van der Waals surface area contributed by atoms with Crippen molar-refractivity contribution in [2.24, 2.45) is 0 Å². The van der Waals surface area contributed by atoms with E-state index in [1.807, 2.05) is 24.3 Å². The van der Waals surface area contributed by atoms with Crippen molar-refractivity contribution >= 4 is 40.5 Å². The number of ether oxygens (including phenoxy) is 1. The zero-order valence-corrected chi connectivity index (χ0v) is 23.2. The van der Waals surface area contributed by atoms with Gasteiger partial charge in [0.25, 0.3) is 0 Å². The number of aromatic nitrogens is 4. The molecule has 41 heavy (non-hydrogen) atoms. The lowest BCUT2D eigenvalue weighted by Crippen LogP contribution is -2.27. The highest BCUT2D eigenvalue weighted by molar-refractivity contribution is 6.34. The number of nitrogens with zero attached hydrogens (tertiary/aromatic N) is 7. The molecule has 6 rings (SSSR count). The summed E-state index contributed by atoms with van der Waals surface area (Å²) < 4.78 is 6.79. The van der Waals surface area contributed by atoms with Crippen molar-refractivity contribution in [1.29, 1.82) is 10.5 Å². The first-order chi connectivity index (χ1) is 20.0. The predicted molar refractivity (Wildman–Crippen MR) is 153 cm³/mol. The molecule has 2 saturated carbocycles. The largest absolute Gasteiger partial charge is 0.497 e. The van der Waals surface area contributed by atoms with Crippen molar-refractivity contribution in [1.82, 2.24) is 19.6 Å². The number of anilines is 3. The molecule has 10 nitrogen and oxygen atoms in total. The van der Waals surface area contributed by atoms with E-state index in [9.17, 15) is 15.3 Å². The van der Waals surface area contributed by atoms with E-state index in [1.54, 1.807) is 19.2 Å². The van der Waals surface area contributed by atoms with Gasteiger partial charge in [0, 0.05) is 25.4 Å². The average molecular weight is 567 g/mol. The van der Waals surface area contributed by atoms with Crippen LogP contribution in [0.4, 0.5) is 17.5 Å². The third-order valence-corrected chi connectivity index (χ3v) is 8.05. The first-order valence-electron chi connectivity index (χ1n) is 13.5. The van der Waals surface area contributed by atoms with Gasteiger partial charge >= 0.3 is 0 Å². The number of nitriles is 2. The van der Waals surface area contributed by atoms with Crippen LogP contribution in [-0.2, 0) is 11.3 Å². The van der Waals surface area contributed by atoms with Crippen molar-refractivity contribution in [2.75, 3.05) is 17.3 Å². The molecule has 2 fully saturated rings. The summed E-state index contributed by atoms with van der Waals surface area (Å²) in [7, 11) is 1.64. The van der Waals surface area contributed by atoms with Gasteiger partial charge in [-0.3, -0.25) is 4.79 Å². The van der Waals surface area contributed by atoms with Crippen LogP contribution < -0.4 is 15.0 Å². The second kappa shape index (κ2) is 11.1. The molecule has 1 N–H and O–H groups in total. The van der Waals surface area contributed by atoms with Crippen molar-refractivity contribution < 1.29 is 9.53 Å². The maximum absolute atomic E-state index is 12.2. The van der Waals surface area contributed by atoms with Crippen molar-refractivity contribution in [3.05, 3.63) is 70.0 Å². The number of halogens is 1. The topological polar surface area (TPSA) is 132 Å². The van der Waals surface area contributed by atoms with E-state index in [4.69, 9.17) is 21.3 Å². The molecule has 1 atom stereocenters. The van der Waals surface area contributed by atoms with Gasteiger partial charge in [0.15, 0.2) is 17.2 Å². The molecule has 0 saturated heterocycles. The number of methoxy groups -OCH3 is 1. The Morgan fingerprint density at radius 2 is 1.98 bits per heavy atom. The number of Topliss-reactive ketones (excluding diaryl/α,β-unsaturated/α-hetero) is 1. The third-order valence-electron chi connectivity index (χ3n) is 7.63. The number of nitrogens with one attached hydrogen (secondary N) is 1. The molecule has 0 amide bonds. The van der Waals surface area contributed by atoms with Crippen LogP contribution in [0.15, 0.2) is 42.6 Å². The van der Waals surface area contributed by atoms with Gasteiger partial charge in [0.1, 0.15) is 17.6 Å². The number of fused-ring (bicyclic) bond motifs is 1. The fourth-order valence-corrected chi connectivity index (χ4v) is 5.70. The van der Waals surface area contributed by atoms with Gasteiger partial charge < -0.3 is 15.0 Å². The van der Waals surface area contributed by atoms with Crippen molar-refractivity contribution in [2.45, 2.75) is 57.0 Å². The lowest BCUT2D eigenvalue weighted by Gasteiger charge is -2.25. The van der Waals surface area contributed by atoms with Crippen LogP contribution in [0.1, 0.15) is 66.8 Å². The molecule has 1 unspecified atom stereocenters. The second-order valence-corrected chi connectivity index (χ2v) is 10.8. The molecule has 2 aromatic heterocycles. The van der Waals surface area contributed by atoms with E-state index in [0.29, 0.717) is 47.1 Å². The van der Waals surface area contributed by atoms with Crippen LogP contribution >= 0.6 is 11.6 Å². The van der Waals surface area contributed by atoms with Crippen LogP contribution in [0.25, 0.3) is 5.65 Å². The smallest absolute Gasteiger partial charge is 0.247 e. The molecule has 0 spiro atoms. The summed E-state index contributed by atoms with van der Waals surface area (Å²) in [4.78, 5) is 23.7. The highest BCUT2D eigenvalue weighted by Gasteiger charge is 2.33. The minimum atomic E-state index is -0.0507. The maximum atomic E-state index is 12.2. The minimum absolute atomic E-state index is 0.0507. The van der Waals surface area contributed by atoms with Gasteiger partial charge in [-0.2, -0.15) is 20.0 Å². The molecule has 0 bridgehead atoms. The lowest BCUT2D eigenvalue weighted by molar-refractivity contribution is -0.120. The maximum Gasteiger partial charge on any atom is 0.247 e. The van der Waals surface area contributed by atoms with E-state index < -0.39 is 0 Å². The average Bonchev–Trinajstić information content (AvgIpc) is 3.75. The Kier molecular flexibility index (Phi) is 7.17. The number of ketones is 1. The van der Waals surface area contributed by atoms with Gasteiger partial charge in [-0.25, -0.2) is 4.98 Å². The summed E-state index contributed by atoms with van der Waals surface area (Å²) in [6.07, 6.45) is 6.12. The Labute approximate surface area is 242 Å². The molecule has 2 aliphatic rings. The van der Waals surface area contributed by atoms with E-state index in [0.717, 1.165) is 42.6 Å². The van der Waals surface area contributed by atoms with E-state index in [1.165, 1.54) is 10.7 Å². The molecule has 0 aliphatic heterocycles.